The van der Waals surface area contributed by atoms with E-state index in [2.05, 4.69) is 29.5 Å². The monoisotopic (exact) mass is 529 g/mol. The van der Waals surface area contributed by atoms with Crippen LogP contribution in [0, 0.1) is 0 Å². The summed E-state index contributed by atoms with van der Waals surface area (Å²) < 4.78 is 15.3. The molecular weight excluding hydrogens is 498 g/mol. The van der Waals surface area contributed by atoms with Gasteiger partial charge < -0.3 is 29.5 Å². The van der Waals surface area contributed by atoms with E-state index in [-0.39, 0.29) is 34.5 Å². The molecule has 206 valence electrons. The lowest BCUT2D eigenvalue weighted by molar-refractivity contribution is -0.238. The predicted molar refractivity (Wildman–Crippen MR) is 123 cm³/mol. The Hall–Kier alpha value is -4.01. The van der Waals surface area contributed by atoms with Crippen LogP contribution in [0.4, 0.5) is 4.79 Å². The Kier molecular flexibility index (Phi) is 13.5. The highest BCUT2D eigenvalue weighted by atomic mass is 17.2. The van der Waals surface area contributed by atoms with Crippen molar-refractivity contribution in [1.82, 2.24) is 4.90 Å². The van der Waals surface area contributed by atoms with E-state index in [4.69, 9.17) is 24.4 Å². The molecule has 0 aliphatic carbocycles. The van der Waals surface area contributed by atoms with Crippen molar-refractivity contribution >= 4 is 30.0 Å². The standard InChI is InChI=1S/C23H31NO13/c1-8-9-23(10-25,35-19(30)15(6)7)16(20(31)36-37-22(32)24(11-26)12-27)21(33-17(28)13(2)3)34-18(29)14(4)5/h25-27H,2,4,6,8-12H2,1,3,5,7H3. The fourth-order valence-electron chi connectivity index (χ4n) is 2.33. The van der Waals surface area contributed by atoms with Gasteiger partial charge in [-0.05, 0) is 27.2 Å². The maximum Gasteiger partial charge on any atom is 0.456 e. The van der Waals surface area contributed by atoms with E-state index in [1.807, 2.05) is 0 Å². The van der Waals surface area contributed by atoms with E-state index in [0.717, 1.165) is 0 Å². The quantitative estimate of drug-likeness (QED) is 0.0760. The number of carbonyl (C=O) groups excluding carboxylic acids is 5. The average Bonchev–Trinajstić information content (AvgIpc) is 2.82. The minimum atomic E-state index is -2.39. The van der Waals surface area contributed by atoms with Gasteiger partial charge in [-0.15, -0.1) is 0 Å². The van der Waals surface area contributed by atoms with Gasteiger partial charge in [0.05, 0.1) is 6.61 Å². The zero-order valence-corrected chi connectivity index (χ0v) is 21.0. The Balaban J connectivity index is 7.14. The van der Waals surface area contributed by atoms with Crippen LogP contribution in [0.2, 0.25) is 0 Å². The summed E-state index contributed by atoms with van der Waals surface area (Å²) in [7, 11) is 0. The van der Waals surface area contributed by atoms with Crippen LogP contribution in [0.3, 0.4) is 0 Å². The highest BCUT2D eigenvalue weighted by Crippen LogP contribution is 2.33. The molecule has 0 saturated heterocycles. The van der Waals surface area contributed by atoms with E-state index >= 15 is 0 Å². The molecule has 0 aromatic heterocycles. The number of ether oxygens (including phenoxy) is 3. The van der Waals surface area contributed by atoms with Crippen molar-refractivity contribution in [3.8, 4) is 0 Å². The molecule has 0 aromatic carbocycles. The lowest BCUT2D eigenvalue weighted by atomic mass is 9.89. The second-order valence-electron chi connectivity index (χ2n) is 7.62. The molecule has 0 saturated carbocycles. The van der Waals surface area contributed by atoms with E-state index < -0.39 is 67.2 Å². The van der Waals surface area contributed by atoms with Gasteiger partial charge in [-0.25, -0.2) is 33.7 Å². The molecule has 37 heavy (non-hydrogen) atoms. The lowest BCUT2D eigenvalue weighted by Crippen LogP contribution is -2.46. The summed E-state index contributed by atoms with van der Waals surface area (Å²) in [6.07, 6.45) is -1.75. The molecule has 14 nitrogen and oxygen atoms in total. The van der Waals surface area contributed by atoms with Crippen LogP contribution in [0.5, 0.6) is 0 Å². The summed E-state index contributed by atoms with van der Waals surface area (Å²) in [4.78, 5) is 71.1. The van der Waals surface area contributed by atoms with E-state index in [0.29, 0.717) is 0 Å². The number of amides is 1. The molecule has 0 spiro atoms. The van der Waals surface area contributed by atoms with Gasteiger partial charge in [0.1, 0.15) is 13.5 Å². The summed E-state index contributed by atoms with van der Waals surface area (Å²) in [6.45, 7) is 12.3. The smallest absolute Gasteiger partial charge is 0.448 e. The third kappa shape index (κ3) is 9.51. The zero-order valence-electron chi connectivity index (χ0n) is 21.0. The summed E-state index contributed by atoms with van der Waals surface area (Å²) in [5, 5.41) is 28.4. The van der Waals surface area contributed by atoms with Gasteiger partial charge in [-0.3, -0.25) is 4.90 Å². The molecular formula is C23H31NO13. The van der Waals surface area contributed by atoms with Gasteiger partial charge in [-0.2, -0.15) is 0 Å². The van der Waals surface area contributed by atoms with Crippen LogP contribution < -0.4 is 0 Å². The summed E-state index contributed by atoms with van der Waals surface area (Å²) in [6, 6.07) is 0. The first-order valence-electron chi connectivity index (χ1n) is 10.6. The molecule has 0 aliphatic heterocycles. The van der Waals surface area contributed by atoms with Crippen LogP contribution >= 0.6 is 0 Å². The molecule has 1 unspecified atom stereocenters. The van der Waals surface area contributed by atoms with Gasteiger partial charge in [-0.1, -0.05) is 33.1 Å². The molecule has 1 atom stereocenters. The summed E-state index contributed by atoms with van der Waals surface area (Å²) >= 11 is 0. The number of hydrogen-bond donors (Lipinski definition) is 3. The summed E-state index contributed by atoms with van der Waals surface area (Å²) in [5.74, 6) is -6.42. The molecule has 0 radical (unpaired) electrons. The first kappa shape index (κ1) is 33.0. The van der Waals surface area contributed by atoms with E-state index in [1.165, 1.54) is 20.8 Å². The molecule has 14 heteroatoms. The Morgan fingerprint density at radius 1 is 0.757 bits per heavy atom. The van der Waals surface area contributed by atoms with Crippen LogP contribution in [-0.4, -0.2) is 75.9 Å². The maximum atomic E-state index is 13.2. The molecule has 0 fully saturated rings. The predicted octanol–water partition coefficient (Wildman–Crippen LogP) is 0.883. The van der Waals surface area contributed by atoms with Crippen LogP contribution in [0.1, 0.15) is 40.5 Å². The molecule has 0 bridgehead atoms. The van der Waals surface area contributed by atoms with E-state index in [9.17, 15) is 29.1 Å². The number of aliphatic hydroxyl groups excluding tert-OH is 3. The van der Waals surface area contributed by atoms with Crippen molar-refractivity contribution in [2.45, 2.75) is 46.1 Å². The van der Waals surface area contributed by atoms with Crippen molar-refractivity contribution in [1.29, 1.82) is 0 Å². The number of hydrogen-bond acceptors (Lipinski definition) is 13. The minimum Gasteiger partial charge on any atom is -0.448 e. The van der Waals surface area contributed by atoms with E-state index in [1.54, 1.807) is 6.92 Å². The molecule has 3 N–H and O–H groups in total. The lowest BCUT2D eigenvalue weighted by Gasteiger charge is -2.33. The molecule has 0 aromatic rings. The molecule has 0 rings (SSSR count). The Labute approximate surface area is 212 Å². The Bertz CT molecular complexity index is 947. The molecule has 1 amide bonds. The van der Waals surface area contributed by atoms with Crippen molar-refractivity contribution in [2.75, 3.05) is 20.1 Å². The number of esters is 3. The van der Waals surface area contributed by atoms with Gasteiger partial charge in [0, 0.05) is 16.7 Å². The van der Waals surface area contributed by atoms with Crippen molar-refractivity contribution in [3.63, 3.8) is 0 Å². The number of carbonyl (C=O) groups is 5. The maximum absolute atomic E-state index is 13.2. The zero-order chi connectivity index (χ0) is 28.9. The second kappa shape index (κ2) is 15.2. The van der Waals surface area contributed by atoms with Gasteiger partial charge in [0.15, 0.2) is 11.2 Å². The van der Waals surface area contributed by atoms with Crippen molar-refractivity contribution < 1.29 is 63.3 Å². The van der Waals surface area contributed by atoms with Gasteiger partial charge in [0.25, 0.3) is 0 Å². The van der Waals surface area contributed by atoms with Gasteiger partial charge in [0.2, 0.25) is 0 Å². The highest BCUT2D eigenvalue weighted by Gasteiger charge is 2.48. The highest BCUT2D eigenvalue weighted by molar-refractivity contribution is 5.96. The fourth-order valence-corrected chi connectivity index (χ4v) is 2.33. The van der Waals surface area contributed by atoms with Crippen molar-refractivity contribution in [2.24, 2.45) is 0 Å². The molecule has 0 heterocycles. The first-order valence-corrected chi connectivity index (χ1v) is 10.6. The van der Waals surface area contributed by atoms with Crippen LogP contribution in [0.25, 0.3) is 0 Å². The SMILES string of the molecule is C=C(C)C(=O)OC(OC(=O)C(=C)C)=C(C(=O)OOC(=O)N(CO)CO)C(CO)(CCC)OC(=O)C(=C)C. The average molecular weight is 529 g/mol. The van der Waals surface area contributed by atoms with Crippen LogP contribution in [-0.2, 0) is 43.2 Å². The normalized spacial score (nSPS) is 11.6. The third-order valence-electron chi connectivity index (χ3n) is 4.27. The largest absolute Gasteiger partial charge is 0.456 e. The minimum absolute atomic E-state index is 0.125. The second-order valence-corrected chi connectivity index (χ2v) is 7.62. The summed E-state index contributed by atoms with van der Waals surface area (Å²) in [5.41, 5.74) is -4.03. The number of rotatable bonds is 13. The number of nitrogens with zero attached hydrogens (tertiary/aromatic N) is 1. The van der Waals surface area contributed by atoms with Crippen LogP contribution in [0.15, 0.2) is 48.0 Å². The number of aliphatic hydroxyl groups is 3. The first-order chi connectivity index (χ1) is 17.2. The Morgan fingerprint density at radius 2 is 1.22 bits per heavy atom. The topological polar surface area (TPSA) is 195 Å². The van der Waals surface area contributed by atoms with Gasteiger partial charge >= 0.3 is 35.9 Å². The molecule has 0 aliphatic rings. The third-order valence-corrected chi connectivity index (χ3v) is 4.27. The fraction of sp³-hybridized carbons (Fsp3) is 0.435. The van der Waals surface area contributed by atoms with Crippen molar-refractivity contribution in [3.05, 3.63) is 48.0 Å². The Morgan fingerprint density at radius 3 is 1.57 bits per heavy atom.